The predicted octanol–water partition coefficient (Wildman–Crippen LogP) is 6.79. The van der Waals surface area contributed by atoms with Gasteiger partial charge in [0.05, 0.1) is 6.61 Å². The number of hydrogen-bond donors (Lipinski definition) is 3. The first-order valence-electron chi connectivity index (χ1n) is 14.8. The first-order chi connectivity index (χ1) is 22.8. The second-order valence-corrected chi connectivity index (χ2v) is 11.7. The zero-order chi connectivity index (χ0) is 33.2. The second kappa shape index (κ2) is 15.7. The highest BCUT2D eigenvalue weighted by Gasteiger charge is 2.53. The molecule has 242 valence electrons. The molecule has 4 aromatic carbocycles. The van der Waals surface area contributed by atoms with Crippen LogP contribution in [0.1, 0.15) is 34.8 Å². The van der Waals surface area contributed by atoms with Crippen molar-refractivity contribution in [2.45, 2.75) is 30.9 Å². The van der Waals surface area contributed by atoms with E-state index in [0.717, 1.165) is 10.5 Å². The number of amides is 1. The van der Waals surface area contributed by atoms with E-state index in [1.54, 1.807) is 48.5 Å². The van der Waals surface area contributed by atoms with Gasteiger partial charge in [0.15, 0.2) is 11.6 Å². The molecule has 1 amide bonds. The summed E-state index contributed by atoms with van der Waals surface area (Å²) in [7, 11) is 0. The van der Waals surface area contributed by atoms with Crippen LogP contribution in [0.25, 0.3) is 10.4 Å². The number of rotatable bonds is 14. The largest absolute Gasteiger partial charge is 0.494 e. The van der Waals surface area contributed by atoms with Gasteiger partial charge in [-0.3, -0.25) is 10.2 Å². The Morgan fingerprint density at radius 2 is 1.79 bits per heavy atom. The third-order valence-electron chi connectivity index (χ3n) is 7.47. The molecule has 0 aromatic heterocycles. The lowest BCUT2D eigenvalue weighted by molar-refractivity contribution is -0.130. The van der Waals surface area contributed by atoms with E-state index < -0.39 is 29.2 Å². The highest BCUT2D eigenvalue weighted by Crippen LogP contribution is 2.44. The summed E-state index contributed by atoms with van der Waals surface area (Å²) in [5.41, 5.74) is 15.8. The van der Waals surface area contributed by atoms with Crippen LogP contribution in [0, 0.1) is 11.6 Å². The molecule has 2 atom stereocenters. The van der Waals surface area contributed by atoms with Gasteiger partial charge in [-0.15, -0.1) is 0 Å². The monoisotopic (exact) mass is 704 g/mol. The molecule has 1 aliphatic rings. The third kappa shape index (κ3) is 8.32. The van der Waals surface area contributed by atoms with Gasteiger partial charge in [0, 0.05) is 52.7 Å². The van der Waals surface area contributed by atoms with Gasteiger partial charge in [0.1, 0.15) is 17.4 Å². The minimum Gasteiger partial charge on any atom is -0.494 e. The second-order valence-electron chi connectivity index (χ2n) is 10.7. The molecule has 47 heavy (non-hydrogen) atoms. The van der Waals surface area contributed by atoms with Crippen LogP contribution in [-0.2, 0) is 22.4 Å². The van der Waals surface area contributed by atoms with Crippen LogP contribution >= 0.6 is 15.9 Å². The van der Waals surface area contributed by atoms with E-state index in [2.05, 4.69) is 36.8 Å². The molecule has 13 heteroatoms. The molecule has 10 nitrogen and oxygen atoms in total. The van der Waals surface area contributed by atoms with Gasteiger partial charge in [-0.25, -0.2) is 19.2 Å². The molecule has 1 heterocycles. The van der Waals surface area contributed by atoms with Crippen LogP contribution in [0.3, 0.4) is 0 Å². The van der Waals surface area contributed by atoms with Gasteiger partial charge >= 0.3 is 0 Å². The van der Waals surface area contributed by atoms with Crippen LogP contribution in [-0.4, -0.2) is 42.2 Å². The lowest BCUT2D eigenvalue weighted by atomic mass is 9.81. The van der Waals surface area contributed by atoms with Crippen LogP contribution in [0.15, 0.2) is 106 Å². The summed E-state index contributed by atoms with van der Waals surface area (Å²) in [6.45, 7) is 0.539. The maximum absolute atomic E-state index is 14.4. The molecule has 0 radical (unpaired) electrons. The molecule has 0 fully saturated rings. The quantitative estimate of drug-likeness (QED) is 0.0436. The zero-order valence-corrected chi connectivity index (χ0v) is 26.7. The highest BCUT2D eigenvalue weighted by molar-refractivity contribution is 9.10. The Balaban J connectivity index is 1.51. The van der Waals surface area contributed by atoms with E-state index in [4.69, 9.17) is 19.6 Å². The first kappa shape index (κ1) is 33.6. The number of carbonyl (C=O) groups is 1. The van der Waals surface area contributed by atoms with Gasteiger partial charge in [0.25, 0.3) is 5.91 Å². The van der Waals surface area contributed by atoms with Crippen molar-refractivity contribution in [3.8, 4) is 5.75 Å². The van der Waals surface area contributed by atoms with E-state index in [0.29, 0.717) is 46.7 Å². The number of aliphatic imine (C=N–C) groups is 1. The summed E-state index contributed by atoms with van der Waals surface area (Å²) < 4.78 is 40.4. The minimum absolute atomic E-state index is 0.00258. The molecule has 0 spiro atoms. The Morgan fingerprint density at radius 3 is 2.49 bits per heavy atom. The SMILES string of the molecule is [N-]=[N+]=Nc1ccccc1C[C@]1(C(=O)NNCCc2cc(F)cc(F)c2)N=C(c2ccc(OCCCO)cc2)O[C@H]1c1ccc(Br)cc1. The van der Waals surface area contributed by atoms with E-state index in [1.807, 2.05) is 24.3 Å². The smallest absolute Gasteiger partial charge is 0.266 e. The fourth-order valence-corrected chi connectivity index (χ4v) is 5.49. The van der Waals surface area contributed by atoms with Crippen LogP contribution < -0.4 is 15.6 Å². The average Bonchev–Trinajstić information content (AvgIpc) is 3.45. The summed E-state index contributed by atoms with van der Waals surface area (Å²) in [4.78, 5) is 22.3. The number of ether oxygens (including phenoxy) is 2. The van der Waals surface area contributed by atoms with Crippen molar-refractivity contribution in [2.24, 2.45) is 10.1 Å². The Morgan fingerprint density at radius 1 is 1.06 bits per heavy atom. The Hall–Kier alpha value is -4.81. The number of nitrogens with zero attached hydrogens (tertiary/aromatic N) is 4. The molecule has 4 aromatic rings. The molecule has 5 rings (SSSR count). The zero-order valence-electron chi connectivity index (χ0n) is 25.1. The van der Waals surface area contributed by atoms with Crippen LogP contribution in [0.4, 0.5) is 14.5 Å². The van der Waals surface area contributed by atoms with E-state index in [9.17, 15) is 19.1 Å². The topological polar surface area (TPSA) is 141 Å². The highest BCUT2D eigenvalue weighted by atomic mass is 79.9. The van der Waals surface area contributed by atoms with Crippen molar-refractivity contribution < 1.29 is 28.2 Å². The lowest BCUT2D eigenvalue weighted by Gasteiger charge is -2.31. The maximum Gasteiger partial charge on any atom is 0.266 e. The molecule has 0 saturated heterocycles. The summed E-state index contributed by atoms with van der Waals surface area (Å²) in [5, 5.41) is 12.9. The van der Waals surface area contributed by atoms with E-state index >= 15 is 0 Å². The molecule has 1 aliphatic heterocycles. The molecule has 0 aliphatic carbocycles. The maximum atomic E-state index is 14.4. The third-order valence-corrected chi connectivity index (χ3v) is 8.00. The number of hydrogen-bond acceptors (Lipinski definition) is 7. The first-order valence-corrected chi connectivity index (χ1v) is 15.6. The van der Waals surface area contributed by atoms with Crippen molar-refractivity contribution in [2.75, 3.05) is 19.8 Å². The number of halogens is 3. The Labute approximate surface area is 278 Å². The van der Waals surface area contributed by atoms with Crippen molar-refractivity contribution in [1.29, 1.82) is 0 Å². The van der Waals surface area contributed by atoms with E-state index in [1.165, 1.54) is 12.1 Å². The number of nitrogens with one attached hydrogen (secondary N) is 2. The van der Waals surface area contributed by atoms with Crippen molar-refractivity contribution >= 4 is 33.4 Å². The Bertz CT molecular complexity index is 1760. The number of azide groups is 1. The van der Waals surface area contributed by atoms with Crippen molar-refractivity contribution in [3.63, 3.8) is 0 Å². The fourth-order valence-electron chi connectivity index (χ4n) is 5.23. The summed E-state index contributed by atoms with van der Waals surface area (Å²) >= 11 is 3.46. The van der Waals surface area contributed by atoms with E-state index in [-0.39, 0.29) is 31.9 Å². The van der Waals surface area contributed by atoms with Gasteiger partial charge in [-0.05, 0) is 77.2 Å². The molecule has 0 saturated carbocycles. The number of aliphatic hydroxyl groups is 1. The number of hydrazine groups is 1. The molecule has 3 N–H and O–H groups in total. The van der Waals surface area contributed by atoms with Gasteiger partial charge in [0.2, 0.25) is 5.90 Å². The van der Waals surface area contributed by atoms with Crippen LogP contribution in [0.5, 0.6) is 5.75 Å². The summed E-state index contributed by atoms with van der Waals surface area (Å²) in [6, 6.07) is 24.6. The molecular weight excluding hydrogens is 674 g/mol. The normalized spacial score (nSPS) is 16.9. The van der Waals surface area contributed by atoms with Crippen LogP contribution in [0.2, 0.25) is 0 Å². The fraction of sp³-hybridized carbons (Fsp3) is 0.235. The number of benzene rings is 4. The van der Waals surface area contributed by atoms with Gasteiger partial charge in [-0.1, -0.05) is 57.4 Å². The molecule has 0 bridgehead atoms. The lowest BCUT2D eigenvalue weighted by Crippen LogP contribution is -2.54. The summed E-state index contributed by atoms with van der Waals surface area (Å²) in [5.74, 6) is -1.10. The van der Waals surface area contributed by atoms with Gasteiger partial charge in [-0.2, -0.15) is 0 Å². The van der Waals surface area contributed by atoms with Crippen molar-refractivity contribution in [1.82, 2.24) is 10.9 Å². The molecular formula is C34H31BrF2N6O4. The van der Waals surface area contributed by atoms with Gasteiger partial charge < -0.3 is 14.6 Å². The number of carbonyl (C=O) groups excluding carboxylic acids is 1. The molecule has 0 unspecified atom stereocenters. The Kier molecular flexibility index (Phi) is 11.2. The summed E-state index contributed by atoms with van der Waals surface area (Å²) in [6.07, 6.45) is -0.189. The average molecular weight is 706 g/mol. The minimum atomic E-state index is -1.60. The van der Waals surface area contributed by atoms with Crippen molar-refractivity contribution in [3.05, 3.63) is 140 Å². The standard InChI is InChI=1S/C34H31BrF2N6O4/c35-26-10-6-23(7-11-26)31-34(21-25-4-1-2-5-30(25)41-43-38,33(45)42-39-15-14-22-18-27(36)20-28(37)19-22)40-32(47-31)24-8-12-29(13-9-24)46-17-3-16-44/h1-2,4-13,18-20,31,39,44H,3,14-17,21H2,(H,42,45)/t31-,34-/m0/s1. The predicted molar refractivity (Wildman–Crippen MR) is 176 cm³/mol. The number of aliphatic hydroxyl groups excluding tert-OH is 1.